The Bertz CT molecular complexity index is 1640. The number of ether oxygens (including phenoxy) is 2. The van der Waals surface area contributed by atoms with Gasteiger partial charge in [-0.25, -0.2) is 9.67 Å². The highest BCUT2D eigenvalue weighted by molar-refractivity contribution is 5.83. The molecule has 5 rings (SSSR count). The molecule has 0 saturated heterocycles. The second-order valence-electron chi connectivity index (χ2n) is 8.87. The summed E-state index contributed by atoms with van der Waals surface area (Å²) in [7, 11) is 3.18. The largest absolute Gasteiger partial charge is 0.493 e. The van der Waals surface area contributed by atoms with Gasteiger partial charge in [-0.15, -0.1) is 0 Å². The maximum Gasteiger partial charge on any atom is 0.252 e. The van der Waals surface area contributed by atoms with Gasteiger partial charge in [0.2, 0.25) is 5.89 Å². The maximum atomic E-state index is 13.3. The monoisotopic (exact) mass is 484 g/mol. The summed E-state index contributed by atoms with van der Waals surface area (Å²) in [5.41, 5.74) is 5.83. The van der Waals surface area contributed by atoms with Crippen molar-refractivity contribution in [3.8, 4) is 28.6 Å². The minimum Gasteiger partial charge on any atom is -0.493 e. The zero-order chi connectivity index (χ0) is 25.6. The highest BCUT2D eigenvalue weighted by Crippen LogP contribution is 2.33. The van der Waals surface area contributed by atoms with Gasteiger partial charge in [0.1, 0.15) is 17.1 Å². The molecule has 0 N–H and O–H groups in total. The Labute approximate surface area is 208 Å². The number of oxazole rings is 1. The second kappa shape index (κ2) is 9.03. The lowest BCUT2D eigenvalue weighted by Crippen LogP contribution is -2.23. The lowest BCUT2D eigenvalue weighted by Gasteiger charge is -2.12. The Morgan fingerprint density at radius 1 is 0.917 bits per heavy atom. The van der Waals surface area contributed by atoms with Gasteiger partial charge in [0.05, 0.1) is 32.1 Å². The normalized spacial score (nSPS) is 11.3. The fourth-order valence-electron chi connectivity index (χ4n) is 4.50. The highest BCUT2D eigenvalue weighted by Gasteiger charge is 2.20. The van der Waals surface area contributed by atoms with E-state index in [0.717, 1.165) is 39.1 Å². The Hall–Kier alpha value is -4.33. The second-order valence-corrected chi connectivity index (χ2v) is 8.87. The van der Waals surface area contributed by atoms with Gasteiger partial charge in [-0.1, -0.05) is 17.7 Å². The maximum absolute atomic E-state index is 13.3. The summed E-state index contributed by atoms with van der Waals surface area (Å²) in [6, 6.07) is 15.2. The minimum atomic E-state index is -0.122. The summed E-state index contributed by atoms with van der Waals surface area (Å²) in [5.74, 6) is 2.29. The number of rotatable bonds is 6. The van der Waals surface area contributed by atoms with E-state index in [9.17, 15) is 4.79 Å². The van der Waals surface area contributed by atoms with E-state index in [1.807, 2.05) is 74.8 Å². The van der Waals surface area contributed by atoms with E-state index in [-0.39, 0.29) is 12.1 Å². The van der Waals surface area contributed by atoms with Crippen LogP contribution in [0.1, 0.15) is 28.3 Å². The Kier molecular flexibility index (Phi) is 5.88. The first-order chi connectivity index (χ1) is 17.3. The van der Waals surface area contributed by atoms with Gasteiger partial charge in [0.25, 0.3) is 5.56 Å². The van der Waals surface area contributed by atoms with E-state index in [4.69, 9.17) is 24.0 Å². The van der Waals surface area contributed by atoms with Crippen molar-refractivity contribution in [3.05, 3.63) is 87.2 Å². The van der Waals surface area contributed by atoms with Gasteiger partial charge in [-0.3, -0.25) is 9.36 Å². The Morgan fingerprint density at radius 3 is 2.33 bits per heavy atom. The predicted molar refractivity (Wildman–Crippen MR) is 138 cm³/mol. The number of pyridine rings is 1. The van der Waals surface area contributed by atoms with Gasteiger partial charge < -0.3 is 13.9 Å². The molecule has 184 valence electrons. The Balaban J connectivity index is 1.63. The van der Waals surface area contributed by atoms with Crippen molar-refractivity contribution in [2.45, 2.75) is 34.2 Å². The van der Waals surface area contributed by atoms with Crippen molar-refractivity contribution in [1.82, 2.24) is 19.3 Å². The molecule has 8 heteroatoms. The summed E-state index contributed by atoms with van der Waals surface area (Å²) in [4.78, 5) is 18.0. The molecule has 3 heterocycles. The number of hydrogen-bond donors (Lipinski definition) is 0. The molecule has 0 unspecified atom stereocenters. The molecule has 0 aliphatic carbocycles. The highest BCUT2D eigenvalue weighted by atomic mass is 16.5. The summed E-state index contributed by atoms with van der Waals surface area (Å²) < 4.78 is 20.3. The van der Waals surface area contributed by atoms with E-state index in [2.05, 4.69) is 0 Å². The molecule has 0 radical (unpaired) electrons. The van der Waals surface area contributed by atoms with E-state index in [1.165, 1.54) is 0 Å². The molecule has 0 saturated carbocycles. The number of nitrogens with zero attached hydrogens (tertiary/aromatic N) is 4. The number of benzene rings is 2. The average molecular weight is 485 g/mol. The number of methoxy groups -OCH3 is 2. The fourth-order valence-corrected chi connectivity index (χ4v) is 4.50. The first-order valence-corrected chi connectivity index (χ1v) is 11.7. The molecule has 2 aromatic carbocycles. The van der Waals surface area contributed by atoms with Crippen molar-refractivity contribution >= 4 is 11.0 Å². The SMILES string of the molecule is COc1ccc(-c2nc(Cn3c(=O)cc(C)c4c(C)nn(-c5ccc(C)cc5)c43)c(C)o2)cc1OC. The van der Waals surface area contributed by atoms with Crippen molar-refractivity contribution in [2.75, 3.05) is 14.2 Å². The van der Waals surface area contributed by atoms with E-state index >= 15 is 0 Å². The lowest BCUT2D eigenvalue weighted by molar-refractivity contribution is 0.355. The molecule has 0 aliphatic heterocycles. The van der Waals surface area contributed by atoms with Gasteiger partial charge in [-0.05, 0) is 63.6 Å². The van der Waals surface area contributed by atoms with Crippen LogP contribution in [0.2, 0.25) is 0 Å². The van der Waals surface area contributed by atoms with Crippen molar-refractivity contribution < 1.29 is 13.9 Å². The first kappa shape index (κ1) is 23.4. The van der Waals surface area contributed by atoms with Crippen LogP contribution < -0.4 is 15.0 Å². The molecule has 5 aromatic rings. The van der Waals surface area contributed by atoms with Crippen molar-refractivity contribution in [3.63, 3.8) is 0 Å². The molecule has 3 aromatic heterocycles. The minimum absolute atomic E-state index is 0.122. The molecular formula is C28H28N4O4. The summed E-state index contributed by atoms with van der Waals surface area (Å²) in [5, 5.41) is 5.75. The predicted octanol–water partition coefficient (Wildman–Crippen LogP) is 5.14. The lowest BCUT2D eigenvalue weighted by atomic mass is 10.1. The van der Waals surface area contributed by atoms with Gasteiger partial charge in [0, 0.05) is 17.0 Å². The smallest absolute Gasteiger partial charge is 0.252 e. The molecule has 0 atom stereocenters. The van der Waals surface area contributed by atoms with Crippen LogP contribution >= 0.6 is 0 Å². The van der Waals surface area contributed by atoms with Crippen molar-refractivity contribution in [1.29, 1.82) is 0 Å². The molecule has 0 aliphatic rings. The zero-order valence-corrected chi connectivity index (χ0v) is 21.2. The van der Waals surface area contributed by atoms with Crippen molar-refractivity contribution in [2.24, 2.45) is 0 Å². The third-order valence-electron chi connectivity index (χ3n) is 6.40. The Morgan fingerprint density at radius 2 is 1.64 bits per heavy atom. The van der Waals surface area contributed by atoms with Crippen LogP contribution in [0, 0.1) is 27.7 Å². The number of hydrogen-bond acceptors (Lipinski definition) is 6. The van der Waals surface area contributed by atoms with Crippen LogP contribution in [0.15, 0.2) is 57.7 Å². The van der Waals surface area contributed by atoms with Crippen LogP contribution in [-0.4, -0.2) is 33.6 Å². The van der Waals surface area contributed by atoms with E-state index in [1.54, 1.807) is 24.9 Å². The topological polar surface area (TPSA) is 84.3 Å². The molecule has 0 fully saturated rings. The zero-order valence-electron chi connectivity index (χ0n) is 21.2. The number of fused-ring (bicyclic) bond motifs is 1. The van der Waals surface area contributed by atoms with Gasteiger partial charge in [0.15, 0.2) is 11.5 Å². The first-order valence-electron chi connectivity index (χ1n) is 11.7. The van der Waals surface area contributed by atoms with Crippen LogP contribution in [0.3, 0.4) is 0 Å². The average Bonchev–Trinajstić information content (AvgIpc) is 3.41. The molecule has 8 nitrogen and oxygen atoms in total. The summed E-state index contributed by atoms with van der Waals surface area (Å²) in [6.07, 6.45) is 0. The van der Waals surface area contributed by atoms with Crippen LogP contribution in [0.4, 0.5) is 0 Å². The summed E-state index contributed by atoms with van der Waals surface area (Å²) >= 11 is 0. The van der Waals surface area contributed by atoms with Gasteiger partial charge >= 0.3 is 0 Å². The molecule has 36 heavy (non-hydrogen) atoms. The number of aryl methyl sites for hydroxylation is 4. The van der Waals surface area contributed by atoms with E-state index < -0.39 is 0 Å². The van der Waals surface area contributed by atoms with E-state index in [0.29, 0.717) is 28.8 Å². The summed E-state index contributed by atoms with van der Waals surface area (Å²) in [6.45, 7) is 8.05. The molecule has 0 spiro atoms. The standard InChI is InChI=1S/C28H28N4O4/c1-16-7-10-21(11-8-16)32-28-26(18(3)30-32)17(2)13-25(33)31(28)15-22-19(4)36-27(29-22)20-9-12-23(34-5)24(14-20)35-6/h7-14H,15H2,1-6H3. The third kappa shape index (κ3) is 3.94. The molecule has 0 bridgehead atoms. The fraction of sp³-hybridized carbons (Fsp3) is 0.250. The quantitative estimate of drug-likeness (QED) is 0.332. The molecular weight excluding hydrogens is 456 g/mol. The third-order valence-corrected chi connectivity index (χ3v) is 6.40. The van der Waals surface area contributed by atoms with Crippen LogP contribution in [0.5, 0.6) is 11.5 Å². The molecule has 0 amide bonds. The van der Waals surface area contributed by atoms with Crippen LogP contribution in [0.25, 0.3) is 28.2 Å². The van der Waals surface area contributed by atoms with Gasteiger partial charge in [-0.2, -0.15) is 5.10 Å². The number of aromatic nitrogens is 4. The van der Waals surface area contributed by atoms with Crippen LogP contribution in [-0.2, 0) is 6.54 Å².